The number of nitriles is 1. The summed E-state index contributed by atoms with van der Waals surface area (Å²) < 4.78 is 2.18. The highest BCUT2D eigenvalue weighted by Crippen LogP contribution is 2.42. The third kappa shape index (κ3) is 2.88. The summed E-state index contributed by atoms with van der Waals surface area (Å²) in [5.74, 6) is -0.354. The fraction of sp³-hybridized carbons (Fsp3) is 0.286. The monoisotopic (exact) mass is 393 g/mol. The number of amides is 1. The summed E-state index contributed by atoms with van der Waals surface area (Å²) in [7, 11) is 0. The molecule has 1 saturated carbocycles. The predicted octanol–water partition coefficient (Wildman–Crippen LogP) is 3.95. The highest BCUT2D eigenvalue weighted by Gasteiger charge is 2.31. The van der Waals surface area contributed by atoms with Crippen LogP contribution < -0.4 is 11.5 Å². The number of nitrogens with two attached hydrogens (primary N) is 2. The first-order chi connectivity index (χ1) is 13.4. The first-order valence-electron chi connectivity index (χ1n) is 9.14. The number of benzene rings is 1. The smallest absolute Gasteiger partial charge is 0.220 e. The summed E-state index contributed by atoms with van der Waals surface area (Å²) in [4.78, 5) is 15.8. The molecule has 28 heavy (non-hydrogen) atoms. The molecule has 0 spiro atoms. The molecule has 2 unspecified atom stereocenters. The maximum absolute atomic E-state index is 11.6. The van der Waals surface area contributed by atoms with Gasteiger partial charge in [-0.25, -0.2) is 0 Å². The van der Waals surface area contributed by atoms with Crippen LogP contribution >= 0.6 is 11.6 Å². The summed E-state index contributed by atoms with van der Waals surface area (Å²) in [6.07, 6.45) is 7.60. The standard InChI is InChI=1S/C21H20ClN5O/c1-11-4-19-15(6-13(11)7-23)17(16-8-26-9-18(24)20(16)22)10-27(19)14-3-2-12(5-14)21(25)28/h4,6,8-10,12,14H,2-3,5,24H2,1H3,(H2,25,28). The molecule has 2 atom stereocenters. The Morgan fingerprint density at radius 1 is 1.32 bits per heavy atom. The number of carbonyl (C=O) groups is 1. The van der Waals surface area contributed by atoms with Crippen LogP contribution in [0.25, 0.3) is 22.0 Å². The number of fused-ring (bicyclic) bond motifs is 1. The molecule has 4 N–H and O–H groups in total. The van der Waals surface area contributed by atoms with Crippen molar-refractivity contribution in [3.8, 4) is 17.2 Å². The summed E-state index contributed by atoms with van der Waals surface area (Å²) in [5.41, 5.74) is 16.0. The number of pyridine rings is 1. The lowest BCUT2D eigenvalue weighted by molar-refractivity contribution is -0.121. The molecule has 1 fully saturated rings. The Balaban J connectivity index is 1.94. The van der Waals surface area contributed by atoms with Gasteiger partial charge in [-0.1, -0.05) is 11.6 Å². The molecule has 0 aliphatic heterocycles. The average molecular weight is 394 g/mol. The van der Waals surface area contributed by atoms with E-state index >= 15 is 0 Å². The first-order valence-corrected chi connectivity index (χ1v) is 9.52. The molecule has 4 rings (SSSR count). The molecule has 1 aliphatic carbocycles. The van der Waals surface area contributed by atoms with Gasteiger partial charge in [0.1, 0.15) is 0 Å². The Kier molecular flexibility index (Phi) is 4.48. The minimum atomic E-state index is -0.245. The van der Waals surface area contributed by atoms with Crippen LogP contribution in [0.15, 0.2) is 30.7 Å². The summed E-state index contributed by atoms with van der Waals surface area (Å²) in [6, 6.07) is 6.31. The quantitative estimate of drug-likeness (QED) is 0.701. The minimum absolute atomic E-state index is 0.108. The summed E-state index contributed by atoms with van der Waals surface area (Å²) >= 11 is 6.47. The second kappa shape index (κ2) is 6.84. The number of aryl methyl sites for hydroxylation is 1. The number of primary amides is 1. The maximum atomic E-state index is 11.6. The average Bonchev–Trinajstić information content (AvgIpc) is 3.28. The van der Waals surface area contributed by atoms with Gasteiger partial charge in [0.05, 0.1) is 28.5 Å². The number of hydrogen-bond donors (Lipinski definition) is 2. The van der Waals surface area contributed by atoms with Crippen LogP contribution in [0.5, 0.6) is 0 Å². The van der Waals surface area contributed by atoms with E-state index in [1.165, 1.54) is 6.20 Å². The van der Waals surface area contributed by atoms with Crippen LogP contribution in [0, 0.1) is 24.2 Å². The maximum Gasteiger partial charge on any atom is 0.220 e. The van der Waals surface area contributed by atoms with Crippen molar-refractivity contribution >= 4 is 34.1 Å². The van der Waals surface area contributed by atoms with Crippen LogP contribution in [0.4, 0.5) is 5.69 Å². The topological polar surface area (TPSA) is 111 Å². The Bertz CT molecular complexity index is 1140. The van der Waals surface area contributed by atoms with Gasteiger partial charge in [0, 0.05) is 46.4 Å². The van der Waals surface area contributed by atoms with Crippen molar-refractivity contribution in [1.82, 2.24) is 9.55 Å². The molecule has 0 radical (unpaired) electrons. The molecule has 6 nitrogen and oxygen atoms in total. The molecule has 142 valence electrons. The van der Waals surface area contributed by atoms with Crippen molar-refractivity contribution in [3.05, 3.63) is 46.9 Å². The molecule has 1 aliphatic rings. The van der Waals surface area contributed by atoms with Gasteiger partial charge in [-0.15, -0.1) is 0 Å². The molecular formula is C21H20ClN5O. The lowest BCUT2D eigenvalue weighted by Gasteiger charge is -2.14. The summed E-state index contributed by atoms with van der Waals surface area (Å²) in [5, 5.41) is 10.8. The van der Waals surface area contributed by atoms with Crippen molar-refractivity contribution in [2.45, 2.75) is 32.2 Å². The van der Waals surface area contributed by atoms with Crippen LogP contribution in [0.3, 0.4) is 0 Å². The van der Waals surface area contributed by atoms with Gasteiger partial charge < -0.3 is 16.0 Å². The van der Waals surface area contributed by atoms with E-state index < -0.39 is 0 Å². The van der Waals surface area contributed by atoms with Crippen molar-refractivity contribution < 1.29 is 4.79 Å². The van der Waals surface area contributed by atoms with E-state index in [0.717, 1.165) is 40.4 Å². The number of halogens is 1. The molecule has 2 aromatic heterocycles. The van der Waals surface area contributed by atoms with Crippen molar-refractivity contribution in [2.24, 2.45) is 11.7 Å². The number of rotatable bonds is 3. The van der Waals surface area contributed by atoms with Crippen LogP contribution in [-0.4, -0.2) is 15.5 Å². The van der Waals surface area contributed by atoms with Gasteiger partial charge in [0.15, 0.2) is 0 Å². The van der Waals surface area contributed by atoms with E-state index in [0.29, 0.717) is 22.7 Å². The van der Waals surface area contributed by atoms with E-state index in [2.05, 4.69) is 15.6 Å². The fourth-order valence-corrected chi connectivity index (χ4v) is 4.35. The molecule has 0 bridgehead atoms. The van der Waals surface area contributed by atoms with E-state index in [-0.39, 0.29) is 17.9 Å². The Hall–Kier alpha value is -3.04. The highest BCUT2D eigenvalue weighted by atomic mass is 35.5. The SMILES string of the molecule is Cc1cc2c(cc1C#N)c(-c1cncc(N)c1Cl)cn2C1CCC(C(N)=O)C1. The molecule has 7 heteroatoms. The van der Waals surface area contributed by atoms with E-state index in [4.69, 9.17) is 23.1 Å². The molecule has 2 heterocycles. The van der Waals surface area contributed by atoms with Crippen molar-refractivity contribution in [1.29, 1.82) is 5.26 Å². The van der Waals surface area contributed by atoms with Crippen LogP contribution in [0.2, 0.25) is 5.02 Å². The van der Waals surface area contributed by atoms with Gasteiger partial charge in [0.2, 0.25) is 5.91 Å². The Morgan fingerprint density at radius 3 is 2.79 bits per heavy atom. The van der Waals surface area contributed by atoms with E-state index in [9.17, 15) is 10.1 Å². The number of hydrogen-bond acceptors (Lipinski definition) is 4. The molecule has 3 aromatic rings. The van der Waals surface area contributed by atoms with E-state index in [1.807, 2.05) is 25.3 Å². The molecule has 0 saturated heterocycles. The Morgan fingerprint density at radius 2 is 2.11 bits per heavy atom. The number of aromatic nitrogens is 2. The molecule has 1 aromatic carbocycles. The number of carbonyl (C=O) groups excluding carboxylic acids is 1. The van der Waals surface area contributed by atoms with E-state index in [1.54, 1.807) is 6.20 Å². The fourth-order valence-electron chi connectivity index (χ4n) is 4.15. The zero-order valence-electron chi connectivity index (χ0n) is 15.4. The third-order valence-electron chi connectivity index (χ3n) is 5.70. The molecular weight excluding hydrogens is 374 g/mol. The third-order valence-corrected chi connectivity index (χ3v) is 6.12. The number of nitrogens with zero attached hydrogens (tertiary/aromatic N) is 3. The number of anilines is 1. The first kappa shape index (κ1) is 18.3. The van der Waals surface area contributed by atoms with Crippen LogP contribution in [0.1, 0.15) is 36.4 Å². The summed E-state index contributed by atoms with van der Waals surface area (Å²) in [6.45, 7) is 1.92. The number of nitrogen functional groups attached to an aromatic ring is 1. The second-order valence-electron chi connectivity index (χ2n) is 7.40. The van der Waals surface area contributed by atoms with Crippen molar-refractivity contribution in [2.75, 3.05) is 5.73 Å². The Labute approximate surface area is 167 Å². The highest BCUT2D eigenvalue weighted by molar-refractivity contribution is 6.36. The largest absolute Gasteiger partial charge is 0.396 e. The minimum Gasteiger partial charge on any atom is -0.396 e. The predicted molar refractivity (Wildman–Crippen MR) is 110 cm³/mol. The normalized spacial score (nSPS) is 19.0. The molecule has 1 amide bonds. The van der Waals surface area contributed by atoms with Gasteiger partial charge in [-0.05, 0) is 43.9 Å². The zero-order valence-corrected chi connectivity index (χ0v) is 16.2. The van der Waals surface area contributed by atoms with Gasteiger partial charge in [-0.2, -0.15) is 5.26 Å². The van der Waals surface area contributed by atoms with Gasteiger partial charge in [0.25, 0.3) is 0 Å². The lowest BCUT2D eigenvalue weighted by atomic mass is 10.0. The second-order valence-corrected chi connectivity index (χ2v) is 7.78. The van der Waals surface area contributed by atoms with Gasteiger partial charge in [-0.3, -0.25) is 9.78 Å². The lowest BCUT2D eigenvalue weighted by Crippen LogP contribution is -2.21. The van der Waals surface area contributed by atoms with Crippen LogP contribution in [-0.2, 0) is 4.79 Å². The van der Waals surface area contributed by atoms with Gasteiger partial charge >= 0.3 is 0 Å². The van der Waals surface area contributed by atoms with Crippen molar-refractivity contribution in [3.63, 3.8) is 0 Å². The zero-order chi connectivity index (χ0) is 20.0.